The highest BCUT2D eigenvalue weighted by atomic mass is 32.1. The second kappa shape index (κ2) is 5.27. The van der Waals surface area contributed by atoms with Crippen LogP contribution in [0.5, 0.6) is 0 Å². The maximum atomic E-state index is 5.27. The first-order chi connectivity index (χ1) is 8.81. The molecule has 1 N–H and O–H groups in total. The van der Waals surface area contributed by atoms with Crippen LogP contribution >= 0.6 is 11.3 Å². The Kier molecular flexibility index (Phi) is 3.68. The van der Waals surface area contributed by atoms with Crippen molar-refractivity contribution < 1.29 is 4.74 Å². The molecule has 2 aliphatic carbocycles. The lowest BCUT2D eigenvalue weighted by Crippen LogP contribution is -2.08. The van der Waals surface area contributed by atoms with Crippen LogP contribution in [-0.4, -0.2) is 19.1 Å². The van der Waals surface area contributed by atoms with Crippen molar-refractivity contribution in [3.8, 4) is 0 Å². The lowest BCUT2D eigenvalue weighted by molar-refractivity contribution is 0.181. The van der Waals surface area contributed by atoms with Crippen molar-refractivity contribution in [1.29, 1.82) is 0 Å². The molecule has 3 nitrogen and oxygen atoms in total. The molecule has 1 aromatic rings. The highest BCUT2D eigenvalue weighted by Gasteiger charge is 2.41. The molecule has 0 aliphatic heterocycles. The van der Waals surface area contributed by atoms with Gasteiger partial charge in [0.25, 0.3) is 0 Å². The largest absolute Gasteiger partial charge is 0.378 e. The molecular formula is C14H22N2OS. The van der Waals surface area contributed by atoms with Crippen LogP contribution in [0.15, 0.2) is 0 Å². The van der Waals surface area contributed by atoms with Crippen molar-refractivity contribution in [3.05, 3.63) is 15.6 Å². The number of fused-ring (bicyclic) bond motifs is 2. The van der Waals surface area contributed by atoms with E-state index in [9.17, 15) is 0 Å². The summed E-state index contributed by atoms with van der Waals surface area (Å²) < 4.78 is 5.27. The minimum absolute atomic E-state index is 0.647. The number of hydrogen-bond acceptors (Lipinski definition) is 4. The second-order valence-corrected chi connectivity index (χ2v) is 6.78. The van der Waals surface area contributed by atoms with Gasteiger partial charge in [-0.15, -0.1) is 11.3 Å². The molecule has 0 saturated heterocycles. The average molecular weight is 266 g/mol. The summed E-state index contributed by atoms with van der Waals surface area (Å²) in [4.78, 5) is 6.23. The maximum Gasteiger partial charge on any atom is 0.0966 e. The fourth-order valence-corrected chi connectivity index (χ4v) is 4.94. The summed E-state index contributed by atoms with van der Waals surface area (Å²) in [6.45, 7) is 1.56. The highest BCUT2D eigenvalue weighted by Crippen LogP contribution is 2.53. The fourth-order valence-electron chi connectivity index (χ4n) is 3.66. The van der Waals surface area contributed by atoms with E-state index in [4.69, 9.17) is 9.72 Å². The van der Waals surface area contributed by atoms with Crippen LogP contribution in [0, 0.1) is 11.8 Å². The van der Waals surface area contributed by atoms with E-state index in [0.29, 0.717) is 6.61 Å². The Balaban J connectivity index is 1.81. The summed E-state index contributed by atoms with van der Waals surface area (Å²) in [5, 5.41) is 4.61. The third kappa shape index (κ3) is 2.22. The number of ether oxygens (including phenoxy) is 1. The van der Waals surface area contributed by atoms with Crippen molar-refractivity contribution in [2.45, 2.75) is 44.8 Å². The van der Waals surface area contributed by atoms with Gasteiger partial charge in [-0.05, 0) is 38.1 Å². The molecular weight excluding hydrogens is 244 g/mol. The van der Waals surface area contributed by atoms with E-state index in [1.54, 1.807) is 7.11 Å². The number of nitrogens with one attached hydrogen (secondary N) is 1. The van der Waals surface area contributed by atoms with Gasteiger partial charge in [0.15, 0.2) is 0 Å². The summed E-state index contributed by atoms with van der Waals surface area (Å²) >= 11 is 1.91. The molecule has 3 unspecified atom stereocenters. The van der Waals surface area contributed by atoms with Gasteiger partial charge in [0.05, 0.1) is 17.3 Å². The average Bonchev–Trinajstić information content (AvgIpc) is 3.05. The van der Waals surface area contributed by atoms with Crippen LogP contribution in [0.3, 0.4) is 0 Å². The van der Waals surface area contributed by atoms with Gasteiger partial charge >= 0.3 is 0 Å². The summed E-state index contributed by atoms with van der Waals surface area (Å²) in [7, 11) is 3.74. The molecule has 3 rings (SSSR count). The van der Waals surface area contributed by atoms with Crippen molar-refractivity contribution in [2.24, 2.45) is 11.8 Å². The SMILES string of the molecule is CNCc1sc(C2CC3CCC2C3)nc1COC. The van der Waals surface area contributed by atoms with Crippen LogP contribution in [-0.2, 0) is 17.9 Å². The molecule has 1 heterocycles. The molecule has 2 fully saturated rings. The van der Waals surface area contributed by atoms with Gasteiger partial charge in [0.2, 0.25) is 0 Å². The summed E-state index contributed by atoms with van der Waals surface area (Å²) in [6, 6.07) is 0. The van der Waals surface area contributed by atoms with E-state index in [1.165, 1.54) is 35.6 Å². The Labute approximate surface area is 113 Å². The molecule has 0 amide bonds. The van der Waals surface area contributed by atoms with Gasteiger partial charge in [0.1, 0.15) is 0 Å². The first-order valence-electron chi connectivity index (χ1n) is 6.93. The molecule has 1 aromatic heterocycles. The van der Waals surface area contributed by atoms with Gasteiger partial charge in [-0.3, -0.25) is 0 Å². The number of methoxy groups -OCH3 is 1. The van der Waals surface area contributed by atoms with Gasteiger partial charge < -0.3 is 10.1 Å². The summed E-state index contributed by atoms with van der Waals surface area (Å²) in [5.74, 6) is 2.65. The first-order valence-corrected chi connectivity index (χ1v) is 7.75. The summed E-state index contributed by atoms with van der Waals surface area (Å²) in [5.41, 5.74) is 1.15. The molecule has 100 valence electrons. The Morgan fingerprint density at radius 3 is 2.89 bits per heavy atom. The van der Waals surface area contributed by atoms with E-state index in [0.717, 1.165) is 30.0 Å². The quantitative estimate of drug-likeness (QED) is 0.890. The van der Waals surface area contributed by atoms with Crippen LogP contribution in [0.1, 0.15) is 47.2 Å². The molecule has 0 spiro atoms. The molecule has 3 atom stereocenters. The standard InChI is InChI=1S/C14H22N2OS/c1-15-7-13-12(8-17-2)16-14(18-13)11-6-9-3-4-10(11)5-9/h9-11,15H,3-8H2,1-2H3. The Morgan fingerprint density at radius 1 is 1.39 bits per heavy atom. The predicted octanol–water partition coefficient (Wildman–Crippen LogP) is 2.91. The Morgan fingerprint density at radius 2 is 2.28 bits per heavy atom. The van der Waals surface area contributed by atoms with E-state index >= 15 is 0 Å². The zero-order valence-electron chi connectivity index (χ0n) is 11.2. The van der Waals surface area contributed by atoms with Crippen molar-refractivity contribution in [2.75, 3.05) is 14.2 Å². The molecule has 2 bridgehead atoms. The van der Waals surface area contributed by atoms with Gasteiger partial charge in [-0.2, -0.15) is 0 Å². The lowest BCUT2D eigenvalue weighted by Gasteiger charge is -2.18. The predicted molar refractivity (Wildman–Crippen MR) is 73.8 cm³/mol. The smallest absolute Gasteiger partial charge is 0.0966 e. The molecule has 2 aliphatic rings. The fraction of sp³-hybridized carbons (Fsp3) is 0.786. The minimum atomic E-state index is 0.647. The molecule has 0 aromatic carbocycles. The van der Waals surface area contributed by atoms with E-state index in [1.807, 2.05) is 18.4 Å². The minimum Gasteiger partial charge on any atom is -0.378 e. The van der Waals surface area contributed by atoms with E-state index in [-0.39, 0.29) is 0 Å². The molecule has 2 saturated carbocycles. The zero-order valence-corrected chi connectivity index (χ0v) is 12.1. The third-order valence-electron chi connectivity index (χ3n) is 4.47. The van der Waals surface area contributed by atoms with Crippen LogP contribution in [0.25, 0.3) is 0 Å². The Hall–Kier alpha value is -0.450. The number of rotatable bonds is 5. The van der Waals surface area contributed by atoms with Crippen LogP contribution in [0.2, 0.25) is 0 Å². The zero-order chi connectivity index (χ0) is 12.5. The third-order valence-corrected chi connectivity index (χ3v) is 5.70. The van der Waals surface area contributed by atoms with Gasteiger partial charge in [-0.25, -0.2) is 4.98 Å². The topological polar surface area (TPSA) is 34.2 Å². The van der Waals surface area contributed by atoms with Crippen LogP contribution < -0.4 is 5.32 Å². The number of aromatic nitrogens is 1. The van der Waals surface area contributed by atoms with E-state index in [2.05, 4.69) is 5.32 Å². The van der Waals surface area contributed by atoms with Crippen molar-refractivity contribution in [1.82, 2.24) is 10.3 Å². The Bertz CT molecular complexity index is 394. The second-order valence-electron chi connectivity index (χ2n) is 5.67. The number of thiazole rings is 1. The lowest BCUT2D eigenvalue weighted by atomic mass is 9.89. The van der Waals surface area contributed by atoms with Crippen molar-refractivity contribution in [3.63, 3.8) is 0 Å². The molecule has 18 heavy (non-hydrogen) atoms. The maximum absolute atomic E-state index is 5.27. The highest BCUT2D eigenvalue weighted by molar-refractivity contribution is 7.11. The number of hydrogen-bond donors (Lipinski definition) is 1. The van der Waals surface area contributed by atoms with Crippen LogP contribution in [0.4, 0.5) is 0 Å². The normalized spacial score (nSPS) is 30.2. The monoisotopic (exact) mass is 266 g/mol. The van der Waals surface area contributed by atoms with Gasteiger partial charge in [0, 0.05) is 24.4 Å². The number of nitrogens with zero attached hydrogens (tertiary/aromatic N) is 1. The summed E-state index contributed by atoms with van der Waals surface area (Å²) in [6.07, 6.45) is 5.71. The first kappa shape index (κ1) is 12.6. The molecule has 0 radical (unpaired) electrons. The van der Waals surface area contributed by atoms with Gasteiger partial charge in [-0.1, -0.05) is 6.42 Å². The molecule has 4 heteroatoms. The van der Waals surface area contributed by atoms with Crippen molar-refractivity contribution >= 4 is 11.3 Å². The van der Waals surface area contributed by atoms with E-state index < -0.39 is 0 Å².